The number of hydrogen-bond donors (Lipinski definition) is 2. The van der Waals surface area contributed by atoms with Gasteiger partial charge in [-0.05, 0) is 37.5 Å². The van der Waals surface area contributed by atoms with Gasteiger partial charge in [0.15, 0.2) is 0 Å². The van der Waals surface area contributed by atoms with Crippen molar-refractivity contribution >= 4 is 17.3 Å². The second-order valence-electron chi connectivity index (χ2n) is 5.08. The SMILES string of the molecule is CC1=NC(CC(C)C)C(=O)Nc2ccc(O)cc21. The molecule has 1 aliphatic rings. The Labute approximate surface area is 107 Å². The lowest BCUT2D eigenvalue weighted by molar-refractivity contribution is -0.117. The van der Waals surface area contributed by atoms with Gasteiger partial charge < -0.3 is 10.4 Å². The number of hydrogen-bond acceptors (Lipinski definition) is 3. The fourth-order valence-electron chi connectivity index (χ4n) is 2.12. The van der Waals surface area contributed by atoms with E-state index in [4.69, 9.17) is 0 Å². The molecule has 2 rings (SSSR count). The van der Waals surface area contributed by atoms with E-state index in [1.54, 1.807) is 18.2 Å². The zero-order valence-electron chi connectivity index (χ0n) is 10.9. The number of carbonyl (C=O) groups excluding carboxylic acids is 1. The van der Waals surface area contributed by atoms with Gasteiger partial charge in [-0.2, -0.15) is 0 Å². The second kappa shape index (κ2) is 4.80. The van der Waals surface area contributed by atoms with Crippen molar-refractivity contribution in [3.8, 4) is 5.75 Å². The quantitative estimate of drug-likeness (QED) is 0.788. The fourth-order valence-corrected chi connectivity index (χ4v) is 2.12. The number of nitrogens with zero attached hydrogens (tertiary/aromatic N) is 1. The highest BCUT2D eigenvalue weighted by atomic mass is 16.3. The molecule has 96 valence electrons. The van der Waals surface area contributed by atoms with Crippen molar-refractivity contribution in [2.75, 3.05) is 5.32 Å². The average Bonchev–Trinajstić information content (AvgIpc) is 2.39. The van der Waals surface area contributed by atoms with Crippen molar-refractivity contribution in [3.05, 3.63) is 23.8 Å². The van der Waals surface area contributed by atoms with Crippen LogP contribution in [0.3, 0.4) is 0 Å². The lowest BCUT2D eigenvalue weighted by Gasteiger charge is -2.12. The highest BCUT2D eigenvalue weighted by molar-refractivity contribution is 6.11. The van der Waals surface area contributed by atoms with Gasteiger partial charge in [-0.1, -0.05) is 13.8 Å². The number of phenolic OH excluding ortho intramolecular Hbond substituents is 1. The summed E-state index contributed by atoms with van der Waals surface area (Å²) in [6.45, 7) is 6.01. The van der Waals surface area contributed by atoms with E-state index in [1.165, 1.54) is 0 Å². The molecule has 1 unspecified atom stereocenters. The number of benzodiazepines with no additional fused rings is 1. The summed E-state index contributed by atoms with van der Waals surface area (Å²) in [5.41, 5.74) is 2.28. The summed E-state index contributed by atoms with van der Waals surface area (Å²) in [5, 5.41) is 12.4. The van der Waals surface area contributed by atoms with Gasteiger partial charge in [0, 0.05) is 11.3 Å². The molecule has 18 heavy (non-hydrogen) atoms. The lowest BCUT2D eigenvalue weighted by Crippen LogP contribution is -2.26. The first-order valence-electron chi connectivity index (χ1n) is 6.16. The number of aliphatic imine (C=N–C) groups is 1. The maximum Gasteiger partial charge on any atom is 0.249 e. The molecule has 0 spiro atoms. The summed E-state index contributed by atoms with van der Waals surface area (Å²) in [5.74, 6) is 0.513. The number of benzene rings is 1. The molecule has 0 bridgehead atoms. The van der Waals surface area contributed by atoms with Crippen molar-refractivity contribution < 1.29 is 9.90 Å². The van der Waals surface area contributed by atoms with Crippen LogP contribution < -0.4 is 5.32 Å². The van der Waals surface area contributed by atoms with E-state index in [0.29, 0.717) is 11.6 Å². The van der Waals surface area contributed by atoms with Gasteiger partial charge >= 0.3 is 0 Å². The van der Waals surface area contributed by atoms with E-state index in [9.17, 15) is 9.90 Å². The van der Waals surface area contributed by atoms with E-state index >= 15 is 0 Å². The van der Waals surface area contributed by atoms with Gasteiger partial charge in [-0.15, -0.1) is 0 Å². The Morgan fingerprint density at radius 1 is 1.44 bits per heavy atom. The van der Waals surface area contributed by atoms with Crippen LogP contribution >= 0.6 is 0 Å². The van der Waals surface area contributed by atoms with Gasteiger partial charge in [0.25, 0.3) is 0 Å². The van der Waals surface area contributed by atoms with Crippen LogP contribution in [0.25, 0.3) is 0 Å². The number of fused-ring (bicyclic) bond motifs is 1. The molecule has 1 aliphatic heterocycles. The molecular formula is C14H18N2O2. The molecule has 0 fully saturated rings. The monoisotopic (exact) mass is 246 g/mol. The Bertz CT molecular complexity index is 507. The molecule has 2 N–H and O–H groups in total. The maximum absolute atomic E-state index is 12.1. The molecule has 1 heterocycles. The van der Waals surface area contributed by atoms with Gasteiger partial charge in [0.1, 0.15) is 11.8 Å². The van der Waals surface area contributed by atoms with Crippen molar-refractivity contribution in [1.29, 1.82) is 0 Å². The first-order valence-corrected chi connectivity index (χ1v) is 6.16. The number of rotatable bonds is 2. The Morgan fingerprint density at radius 2 is 2.17 bits per heavy atom. The first-order chi connectivity index (χ1) is 8.47. The Balaban J connectivity index is 2.40. The van der Waals surface area contributed by atoms with Crippen LogP contribution in [0.5, 0.6) is 5.75 Å². The van der Waals surface area contributed by atoms with Crippen LogP contribution in [0.15, 0.2) is 23.2 Å². The Kier molecular flexibility index (Phi) is 3.36. The topological polar surface area (TPSA) is 61.7 Å². The molecular weight excluding hydrogens is 228 g/mol. The van der Waals surface area contributed by atoms with Crippen LogP contribution in [-0.4, -0.2) is 22.8 Å². The number of carbonyl (C=O) groups is 1. The third-order valence-corrected chi connectivity index (χ3v) is 3.00. The smallest absolute Gasteiger partial charge is 0.249 e. The minimum Gasteiger partial charge on any atom is -0.508 e. The molecule has 0 saturated heterocycles. The lowest BCUT2D eigenvalue weighted by atomic mass is 10.0. The summed E-state index contributed by atoms with van der Waals surface area (Å²) in [4.78, 5) is 16.5. The first kappa shape index (κ1) is 12.6. The minimum atomic E-state index is -0.348. The maximum atomic E-state index is 12.1. The van der Waals surface area contributed by atoms with Crippen LogP contribution in [0.1, 0.15) is 32.8 Å². The minimum absolute atomic E-state index is 0.0764. The van der Waals surface area contributed by atoms with E-state index in [-0.39, 0.29) is 17.7 Å². The highest BCUT2D eigenvalue weighted by Crippen LogP contribution is 2.26. The Morgan fingerprint density at radius 3 is 2.83 bits per heavy atom. The van der Waals surface area contributed by atoms with Crippen LogP contribution in [-0.2, 0) is 4.79 Å². The number of phenols is 1. The molecule has 1 atom stereocenters. The summed E-state index contributed by atoms with van der Waals surface area (Å²) < 4.78 is 0. The summed E-state index contributed by atoms with van der Waals surface area (Å²) in [6.07, 6.45) is 0.725. The molecule has 0 saturated carbocycles. The van der Waals surface area contributed by atoms with Crippen molar-refractivity contribution in [2.24, 2.45) is 10.9 Å². The van der Waals surface area contributed by atoms with E-state index in [0.717, 1.165) is 17.7 Å². The summed E-state index contributed by atoms with van der Waals surface area (Å²) in [7, 11) is 0. The molecule has 0 aromatic heterocycles. The van der Waals surface area contributed by atoms with Crippen molar-refractivity contribution in [1.82, 2.24) is 0 Å². The van der Waals surface area contributed by atoms with E-state index in [1.807, 2.05) is 6.92 Å². The van der Waals surface area contributed by atoms with E-state index < -0.39 is 0 Å². The fraction of sp³-hybridized carbons (Fsp3) is 0.429. The zero-order valence-corrected chi connectivity index (χ0v) is 10.9. The van der Waals surface area contributed by atoms with Crippen LogP contribution in [0, 0.1) is 5.92 Å². The number of aromatic hydroxyl groups is 1. The number of nitrogens with one attached hydrogen (secondary N) is 1. The molecule has 4 nitrogen and oxygen atoms in total. The van der Waals surface area contributed by atoms with Gasteiger partial charge in [0.2, 0.25) is 5.91 Å². The predicted molar refractivity (Wildman–Crippen MR) is 72.2 cm³/mol. The standard InChI is InChI=1S/C14H18N2O2/c1-8(2)6-13-14(18)16-12-5-4-10(17)7-11(12)9(3)15-13/h4-5,7-8,13,17H,6H2,1-3H3,(H,16,18). The largest absolute Gasteiger partial charge is 0.508 e. The third-order valence-electron chi connectivity index (χ3n) is 3.00. The second-order valence-corrected chi connectivity index (χ2v) is 5.08. The molecule has 0 aliphatic carbocycles. The normalized spacial score (nSPS) is 19.0. The molecule has 4 heteroatoms. The van der Waals surface area contributed by atoms with Crippen LogP contribution in [0.4, 0.5) is 5.69 Å². The van der Waals surface area contributed by atoms with E-state index in [2.05, 4.69) is 24.2 Å². The summed E-state index contributed by atoms with van der Waals surface area (Å²) >= 11 is 0. The third kappa shape index (κ3) is 2.53. The number of anilines is 1. The van der Waals surface area contributed by atoms with Gasteiger partial charge in [-0.25, -0.2) is 0 Å². The molecule has 0 radical (unpaired) electrons. The number of amides is 1. The highest BCUT2D eigenvalue weighted by Gasteiger charge is 2.24. The molecule has 1 amide bonds. The average molecular weight is 246 g/mol. The molecule has 1 aromatic carbocycles. The van der Waals surface area contributed by atoms with Crippen LogP contribution in [0.2, 0.25) is 0 Å². The summed E-state index contributed by atoms with van der Waals surface area (Å²) in [6, 6.07) is 4.56. The van der Waals surface area contributed by atoms with Gasteiger partial charge in [-0.3, -0.25) is 9.79 Å². The zero-order chi connectivity index (χ0) is 13.3. The molecule has 1 aromatic rings. The Hall–Kier alpha value is -1.84. The van der Waals surface area contributed by atoms with Gasteiger partial charge in [0.05, 0.1) is 5.69 Å². The van der Waals surface area contributed by atoms with Crippen molar-refractivity contribution in [3.63, 3.8) is 0 Å². The predicted octanol–water partition coefficient (Wildman–Crippen LogP) is 2.57. The van der Waals surface area contributed by atoms with Crippen molar-refractivity contribution in [2.45, 2.75) is 33.2 Å².